The fraction of sp³-hybridized carbons (Fsp3) is 0.611. The number of guanidine groups is 1. The van der Waals surface area contributed by atoms with Gasteiger partial charge >= 0.3 is 0 Å². The summed E-state index contributed by atoms with van der Waals surface area (Å²) in [5, 5.41) is 6.11. The zero-order chi connectivity index (χ0) is 18.1. The predicted octanol–water partition coefficient (Wildman–Crippen LogP) is 2.27. The number of nitrogens with zero attached hydrogens (tertiary/aromatic N) is 3. The Labute approximate surface area is 173 Å². The lowest BCUT2D eigenvalue weighted by Crippen LogP contribution is -2.40. The summed E-state index contributed by atoms with van der Waals surface area (Å²) in [5.41, 5.74) is 1.07. The van der Waals surface area contributed by atoms with Gasteiger partial charge in [0.05, 0.1) is 13.2 Å². The van der Waals surface area contributed by atoms with Crippen molar-refractivity contribution in [1.29, 1.82) is 0 Å². The summed E-state index contributed by atoms with van der Waals surface area (Å²) < 4.78 is 5.24. The summed E-state index contributed by atoms with van der Waals surface area (Å²) in [5.74, 6) is 1.93. The molecule has 0 aromatic carbocycles. The van der Waals surface area contributed by atoms with E-state index in [1.165, 1.54) is 0 Å². The summed E-state index contributed by atoms with van der Waals surface area (Å²) >= 11 is 0. The summed E-state index contributed by atoms with van der Waals surface area (Å²) in [6.45, 7) is 7.97. The fourth-order valence-electron chi connectivity index (χ4n) is 2.83. The number of aryl methyl sites for hydroxylation is 1. The predicted molar refractivity (Wildman–Crippen MR) is 115 cm³/mol. The highest BCUT2D eigenvalue weighted by molar-refractivity contribution is 14.0. The lowest BCUT2D eigenvalue weighted by Gasteiger charge is -2.21. The first-order valence-electron chi connectivity index (χ1n) is 8.87. The van der Waals surface area contributed by atoms with E-state index in [1.807, 2.05) is 19.9 Å². The maximum atomic E-state index is 12.0. The second kappa shape index (κ2) is 12.1. The Bertz CT molecular complexity index is 579. The lowest BCUT2D eigenvalue weighted by atomic mass is 10.1. The quantitative estimate of drug-likeness (QED) is 0.360. The molecule has 0 bridgehead atoms. The van der Waals surface area contributed by atoms with Crippen LogP contribution in [0.15, 0.2) is 23.3 Å². The molecular formula is C18H30IN5O2. The molecule has 1 saturated heterocycles. The molecule has 2 rings (SSSR count). The summed E-state index contributed by atoms with van der Waals surface area (Å²) in [4.78, 5) is 23.0. The van der Waals surface area contributed by atoms with Crippen molar-refractivity contribution in [3.8, 4) is 0 Å². The Kier molecular flexibility index (Phi) is 10.5. The van der Waals surface area contributed by atoms with Gasteiger partial charge in [0.1, 0.15) is 5.82 Å². The minimum atomic E-state index is -0.0744. The number of hydrogen-bond acceptors (Lipinski definition) is 4. The first kappa shape index (κ1) is 22.6. The molecule has 1 aromatic heterocycles. The van der Waals surface area contributed by atoms with E-state index in [1.54, 1.807) is 19.4 Å². The highest BCUT2D eigenvalue weighted by Crippen LogP contribution is 2.16. The van der Waals surface area contributed by atoms with Crippen molar-refractivity contribution in [3.05, 3.63) is 23.9 Å². The molecule has 1 aliphatic rings. The van der Waals surface area contributed by atoms with E-state index in [0.29, 0.717) is 24.7 Å². The monoisotopic (exact) mass is 475 g/mol. The van der Waals surface area contributed by atoms with Gasteiger partial charge in [-0.1, -0.05) is 6.07 Å². The number of nitrogens with one attached hydrogen (secondary N) is 2. The van der Waals surface area contributed by atoms with Gasteiger partial charge in [-0.15, -0.1) is 24.0 Å². The first-order valence-corrected chi connectivity index (χ1v) is 8.87. The summed E-state index contributed by atoms with van der Waals surface area (Å²) in [6.07, 6.45) is 3.18. The van der Waals surface area contributed by atoms with Gasteiger partial charge in [-0.05, 0) is 31.9 Å². The van der Waals surface area contributed by atoms with Gasteiger partial charge in [0.15, 0.2) is 5.96 Å². The van der Waals surface area contributed by atoms with Crippen molar-refractivity contribution in [2.24, 2.45) is 10.9 Å². The van der Waals surface area contributed by atoms with Crippen LogP contribution in [0.3, 0.4) is 0 Å². The largest absolute Gasteiger partial charge is 0.384 e. The molecule has 8 heteroatoms. The number of aromatic nitrogens is 1. The third-order valence-corrected chi connectivity index (χ3v) is 4.10. The van der Waals surface area contributed by atoms with E-state index >= 15 is 0 Å². The lowest BCUT2D eigenvalue weighted by molar-refractivity contribution is -0.116. The Morgan fingerprint density at radius 3 is 2.92 bits per heavy atom. The van der Waals surface area contributed by atoms with Crippen molar-refractivity contribution in [1.82, 2.24) is 15.2 Å². The van der Waals surface area contributed by atoms with Crippen LogP contribution in [0.4, 0.5) is 5.82 Å². The number of methoxy groups -OCH3 is 1. The minimum absolute atomic E-state index is 0. The Balaban J connectivity index is 0.00000338. The molecule has 7 nitrogen and oxygen atoms in total. The van der Waals surface area contributed by atoms with E-state index < -0.39 is 0 Å². The van der Waals surface area contributed by atoms with Gasteiger partial charge in [0.2, 0.25) is 5.91 Å². The van der Waals surface area contributed by atoms with Crippen molar-refractivity contribution < 1.29 is 9.53 Å². The van der Waals surface area contributed by atoms with Gasteiger partial charge in [0, 0.05) is 45.3 Å². The zero-order valence-electron chi connectivity index (χ0n) is 15.8. The molecule has 146 valence electrons. The molecule has 0 saturated carbocycles. The van der Waals surface area contributed by atoms with Gasteiger partial charge in [-0.3, -0.25) is 9.79 Å². The highest BCUT2D eigenvalue weighted by Gasteiger charge is 2.24. The maximum Gasteiger partial charge on any atom is 0.227 e. The van der Waals surface area contributed by atoms with E-state index in [0.717, 1.165) is 44.2 Å². The molecular weight excluding hydrogens is 445 g/mol. The number of carbonyl (C=O) groups excluding carboxylic acids is 1. The SMILES string of the molecule is CCNC(=NCCC(=O)Nc1ccc(C)cn1)N1CCC(COC)C1.I. The number of likely N-dealkylation sites (tertiary alicyclic amines) is 1. The van der Waals surface area contributed by atoms with E-state index in [4.69, 9.17) is 4.74 Å². The third-order valence-electron chi connectivity index (χ3n) is 4.10. The van der Waals surface area contributed by atoms with Gasteiger partial charge in [-0.2, -0.15) is 0 Å². The van der Waals surface area contributed by atoms with Crippen LogP contribution in [0.2, 0.25) is 0 Å². The molecule has 2 heterocycles. The van der Waals surface area contributed by atoms with Crippen LogP contribution in [-0.2, 0) is 9.53 Å². The van der Waals surface area contributed by atoms with E-state index in [-0.39, 0.29) is 29.9 Å². The topological polar surface area (TPSA) is 78.8 Å². The number of aliphatic imine (C=N–C) groups is 1. The first-order chi connectivity index (χ1) is 12.1. The molecule has 26 heavy (non-hydrogen) atoms. The zero-order valence-corrected chi connectivity index (χ0v) is 18.2. The van der Waals surface area contributed by atoms with Crippen LogP contribution in [-0.4, -0.2) is 61.6 Å². The molecule has 1 aromatic rings. The average Bonchev–Trinajstić information content (AvgIpc) is 3.05. The highest BCUT2D eigenvalue weighted by atomic mass is 127. The Hall–Kier alpha value is -1.42. The van der Waals surface area contributed by atoms with E-state index in [2.05, 4.69) is 25.5 Å². The Morgan fingerprint density at radius 2 is 2.27 bits per heavy atom. The number of halogens is 1. The van der Waals surface area contributed by atoms with Crippen molar-refractivity contribution in [2.45, 2.75) is 26.7 Å². The van der Waals surface area contributed by atoms with Crippen LogP contribution in [0.25, 0.3) is 0 Å². The second-order valence-corrected chi connectivity index (χ2v) is 6.31. The summed E-state index contributed by atoms with van der Waals surface area (Å²) in [7, 11) is 1.74. The van der Waals surface area contributed by atoms with Crippen LogP contribution < -0.4 is 10.6 Å². The van der Waals surface area contributed by atoms with Crippen LogP contribution >= 0.6 is 24.0 Å². The molecule has 1 aliphatic heterocycles. The van der Waals surface area contributed by atoms with Crippen LogP contribution in [0, 0.1) is 12.8 Å². The number of pyridine rings is 1. The molecule has 1 fully saturated rings. The number of carbonyl (C=O) groups is 1. The van der Waals surface area contributed by atoms with Crippen molar-refractivity contribution in [3.63, 3.8) is 0 Å². The Morgan fingerprint density at radius 1 is 1.46 bits per heavy atom. The fourth-order valence-corrected chi connectivity index (χ4v) is 2.83. The van der Waals surface area contributed by atoms with Gasteiger partial charge < -0.3 is 20.3 Å². The van der Waals surface area contributed by atoms with E-state index in [9.17, 15) is 4.79 Å². The van der Waals surface area contributed by atoms with Gasteiger partial charge in [-0.25, -0.2) is 4.98 Å². The second-order valence-electron chi connectivity index (χ2n) is 6.31. The standard InChI is InChI=1S/C18H29N5O2.HI/c1-4-19-18(23-10-8-15(12-23)13-25-3)20-9-7-17(24)22-16-6-5-14(2)11-21-16;/h5-6,11,15H,4,7-10,12-13H2,1-3H3,(H,19,20)(H,21,22,24);1H. The van der Waals surface area contributed by atoms with Crippen molar-refractivity contribution >= 4 is 41.7 Å². The van der Waals surface area contributed by atoms with Gasteiger partial charge in [0.25, 0.3) is 0 Å². The molecule has 0 radical (unpaired) electrons. The smallest absolute Gasteiger partial charge is 0.227 e. The molecule has 1 amide bonds. The number of anilines is 1. The number of amides is 1. The molecule has 2 N–H and O–H groups in total. The summed E-state index contributed by atoms with van der Waals surface area (Å²) in [6, 6.07) is 3.73. The minimum Gasteiger partial charge on any atom is -0.384 e. The number of hydrogen-bond donors (Lipinski definition) is 2. The third kappa shape index (κ3) is 7.45. The number of rotatable bonds is 7. The van der Waals surface area contributed by atoms with Crippen LogP contribution in [0.1, 0.15) is 25.3 Å². The molecule has 0 aliphatic carbocycles. The van der Waals surface area contributed by atoms with Crippen LogP contribution in [0.5, 0.6) is 0 Å². The normalized spacial score (nSPS) is 17.0. The van der Waals surface area contributed by atoms with Crippen molar-refractivity contribution in [2.75, 3.05) is 45.2 Å². The molecule has 1 atom stereocenters. The molecule has 0 spiro atoms. The maximum absolute atomic E-state index is 12.0. The molecule has 1 unspecified atom stereocenters. The average molecular weight is 475 g/mol. The number of ether oxygens (including phenoxy) is 1.